The molecule has 204 valence electrons. The smallest absolute Gasteiger partial charge is 0.326 e. The van der Waals surface area contributed by atoms with Gasteiger partial charge in [-0.2, -0.15) is 12.6 Å². The number of carboxylic acids is 3. The predicted molar refractivity (Wildman–Crippen MR) is 129 cm³/mol. The molecule has 0 aliphatic carbocycles. The highest BCUT2D eigenvalue weighted by Crippen LogP contribution is 2.06. The standard InChI is InChI=1S/C19H33N7O9S/c20-9(8-36)15(31)24-10(3-5-13(27)28)16(32)25-11(4-6-14(29)30)17(33)26-12(18(34)35)2-1-7-23-19(21)22/h9-12,36H,1-8,20H2,(H,24,31)(H,25,32)(H,26,33)(H,27,28)(H,29,30)(H,34,35)(H4,21,22,23). The van der Waals surface area contributed by atoms with Crippen molar-refractivity contribution in [2.45, 2.75) is 62.7 Å². The Labute approximate surface area is 211 Å². The van der Waals surface area contributed by atoms with Gasteiger partial charge in [-0.3, -0.25) is 29.0 Å². The molecular weight excluding hydrogens is 502 g/mol. The largest absolute Gasteiger partial charge is 0.481 e. The zero-order valence-corrected chi connectivity index (χ0v) is 20.3. The van der Waals surface area contributed by atoms with Gasteiger partial charge in [-0.05, 0) is 25.7 Å². The number of guanidine groups is 1. The zero-order chi connectivity index (χ0) is 27.8. The molecule has 16 nitrogen and oxygen atoms in total. The molecule has 3 amide bonds. The Bertz CT molecular complexity index is 836. The van der Waals surface area contributed by atoms with E-state index in [0.717, 1.165) is 0 Å². The monoisotopic (exact) mass is 535 g/mol. The summed E-state index contributed by atoms with van der Waals surface area (Å²) in [6, 6.07) is -5.42. The summed E-state index contributed by atoms with van der Waals surface area (Å²) < 4.78 is 0. The number of carbonyl (C=O) groups is 6. The van der Waals surface area contributed by atoms with Crippen LogP contribution in [-0.4, -0.2) is 93.4 Å². The molecule has 0 saturated carbocycles. The van der Waals surface area contributed by atoms with Gasteiger partial charge in [-0.15, -0.1) is 0 Å². The Morgan fingerprint density at radius 1 is 0.750 bits per heavy atom. The Morgan fingerprint density at radius 3 is 1.58 bits per heavy atom. The summed E-state index contributed by atoms with van der Waals surface area (Å²) >= 11 is 3.88. The minimum absolute atomic E-state index is 0.0670. The fraction of sp³-hybridized carbons (Fsp3) is 0.632. The summed E-state index contributed by atoms with van der Waals surface area (Å²) in [5.41, 5.74) is 15.9. The van der Waals surface area contributed by atoms with Crippen molar-refractivity contribution in [2.75, 3.05) is 12.3 Å². The second-order valence-corrected chi connectivity index (χ2v) is 7.99. The molecule has 0 radical (unpaired) electrons. The molecule has 4 unspecified atom stereocenters. The summed E-state index contributed by atoms with van der Waals surface area (Å²) in [4.78, 5) is 74.9. The second-order valence-electron chi connectivity index (χ2n) is 7.62. The van der Waals surface area contributed by atoms with Crippen molar-refractivity contribution in [2.24, 2.45) is 22.2 Å². The number of rotatable bonds is 18. The molecule has 0 fully saturated rings. The molecule has 0 aliphatic heterocycles. The third kappa shape index (κ3) is 14.0. The second kappa shape index (κ2) is 16.9. The van der Waals surface area contributed by atoms with E-state index < -0.39 is 79.1 Å². The average molecular weight is 536 g/mol. The normalized spacial score (nSPS) is 13.8. The highest BCUT2D eigenvalue weighted by molar-refractivity contribution is 7.80. The number of nitrogens with one attached hydrogen (secondary N) is 3. The van der Waals surface area contributed by atoms with E-state index in [1.54, 1.807) is 0 Å². The lowest BCUT2D eigenvalue weighted by Crippen LogP contribution is -2.57. The van der Waals surface area contributed by atoms with Crippen molar-refractivity contribution in [1.29, 1.82) is 0 Å². The molecule has 36 heavy (non-hydrogen) atoms. The van der Waals surface area contributed by atoms with Crippen LogP contribution in [0.2, 0.25) is 0 Å². The van der Waals surface area contributed by atoms with Crippen molar-refractivity contribution in [3.8, 4) is 0 Å². The molecule has 17 heteroatoms. The van der Waals surface area contributed by atoms with Gasteiger partial charge in [0.1, 0.15) is 18.1 Å². The Kier molecular flexibility index (Phi) is 15.2. The molecule has 0 aromatic carbocycles. The molecule has 0 bridgehead atoms. The number of carboxylic acid groups (broad SMARTS) is 3. The van der Waals surface area contributed by atoms with Crippen molar-refractivity contribution < 1.29 is 44.1 Å². The third-order valence-electron chi connectivity index (χ3n) is 4.65. The van der Waals surface area contributed by atoms with Gasteiger partial charge in [-0.1, -0.05) is 0 Å². The number of nitrogens with two attached hydrogens (primary N) is 3. The first kappa shape index (κ1) is 32.4. The molecule has 0 aliphatic rings. The van der Waals surface area contributed by atoms with Crippen LogP contribution in [0, 0.1) is 0 Å². The molecule has 0 heterocycles. The number of carbonyl (C=O) groups excluding carboxylic acids is 3. The number of hydrogen-bond acceptors (Lipinski definition) is 9. The van der Waals surface area contributed by atoms with Gasteiger partial charge in [0.05, 0.1) is 6.04 Å². The van der Waals surface area contributed by atoms with Crippen molar-refractivity contribution >= 4 is 54.2 Å². The van der Waals surface area contributed by atoms with Gasteiger partial charge in [0.2, 0.25) is 17.7 Å². The SMILES string of the molecule is NC(N)=NCCCC(NC(=O)C(CCC(=O)O)NC(=O)C(CCC(=O)O)NC(=O)C(N)CS)C(=O)O. The maximum atomic E-state index is 12.8. The first-order chi connectivity index (χ1) is 16.8. The quantitative estimate of drug-likeness (QED) is 0.0355. The minimum atomic E-state index is -1.50. The number of nitrogens with zero attached hydrogens (tertiary/aromatic N) is 1. The van der Waals surface area contributed by atoms with E-state index in [4.69, 9.17) is 27.4 Å². The van der Waals surface area contributed by atoms with E-state index >= 15 is 0 Å². The van der Waals surface area contributed by atoms with Crippen LogP contribution in [0.4, 0.5) is 0 Å². The lowest BCUT2D eigenvalue weighted by molar-refractivity contribution is -0.143. The van der Waals surface area contributed by atoms with Crippen LogP contribution in [0.1, 0.15) is 38.5 Å². The molecule has 0 rings (SSSR count). The van der Waals surface area contributed by atoms with E-state index in [0.29, 0.717) is 0 Å². The first-order valence-corrected chi connectivity index (χ1v) is 11.4. The first-order valence-electron chi connectivity index (χ1n) is 10.8. The molecule has 12 N–H and O–H groups in total. The van der Waals surface area contributed by atoms with Gasteiger partial charge in [0.15, 0.2) is 5.96 Å². The number of amides is 3. The Balaban J connectivity index is 5.55. The van der Waals surface area contributed by atoms with Crippen molar-refractivity contribution in [1.82, 2.24) is 16.0 Å². The highest BCUT2D eigenvalue weighted by atomic mass is 32.1. The van der Waals surface area contributed by atoms with Crippen LogP contribution < -0.4 is 33.2 Å². The lowest BCUT2D eigenvalue weighted by atomic mass is 10.1. The summed E-state index contributed by atoms with van der Waals surface area (Å²) in [6.07, 6.45) is -1.73. The van der Waals surface area contributed by atoms with Crippen LogP contribution in [0.5, 0.6) is 0 Å². The fourth-order valence-electron chi connectivity index (χ4n) is 2.74. The summed E-state index contributed by atoms with van der Waals surface area (Å²) in [5, 5.41) is 34.1. The maximum absolute atomic E-state index is 12.8. The predicted octanol–water partition coefficient (Wildman–Crippen LogP) is -3.43. The van der Waals surface area contributed by atoms with Gasteiger partial charge < -0.3 is 48.5 Å². The van der Waals surface area contributed by atoms with E-state index in [9.17, 15) is 33.9 Å². The molecule has 0 aromatic heterocycles. The van der Waals surface area contributed by atoms with Crippen molar-refractivity contribution in [3.05, 3.63) is 0 Å². The summed E-state index contributed by atoms with van der Waals surface area (Å²) in [7, 11) is 0. The van der Waals surface area contributed by atoms with E-state index in [-0.39, 0.29) is 37.5 Å². The van der Waals surface area contributed by atoms with Gasteiger partial charge in [-0.25, -0.2) is 4.79 Å². The van der Waals surface area contributed by atoms with E-state index in [2.05, 4.69) is 33.6 Å². The molecule has 4 atom stereocenters. The maximum Gasteiger partial charge on any atom is 0.326 e. The minimum Gasteiger partial charge on any atom is -0.481 e. The summed E-state index contributed by atoms with van der Waals surface area (Å²) in [6.45, 7) is 0.0978. The van der Waals surface area contributed by atoms with Gasteiger partial charge in [0, 0.05) is 25.1 Å². The van der Waals surface area contributed by atoms with E-state index in [1.165, 1.54) is 0 Å². The summed E-state index contributed by atoms with van der Waals surface area (Å²) in [5.74, 6) is -6.96. The average Bonchev–Trinajstić information content (AvgIpc) is 2.79. The Morgan fingerprint density at radius 2 is 1.19 bits per heavy atom. The van der Waals surface area contributed by atoms with Crippen LogP contribution >= 0.6 is 12.6 Å². The zero-order valence-electron chi connectivity index (χ0n) is 19.4. The van der Waals surface area contributed by atoms with Crippen LogP contribution in [-0.2, 0) is 28.8 Å². The fourth-order valence-corrected chi connectivity index (χ4v) is 2.91. The van der Waals surface area contributed by atoms with Crippen LogP contribution in [0.3, 0.4) is 0 Å². The topological polar surface area (TPSA) is 290 Å². The highest BCUT2D eigenvalue weighted by Gasteiger charge is 2.30. The molecular formula is C19H33N7O9S. The molecule has 0 saturated heterocycles. The lowest BCUT2D eigenvalue weighted by Gasteiger charge is -2.24. The number of aliphatic carboxylic acids is 3. The van der Waals surface area contributed by atoms with Crippen LogP contribution in [0.15, 0.2) is 4.99 Å². The molecule has 0 aromatic rings. The third-order valence-corrected chi connectivity index (χ3v) is 5.05. The number of hydrogen-bond donors (Lipinski definition) is 10. The number of aliphatic imine (C=N–C) groups is 1. The van der Waals surface area contributed by atoms with Gasteiger partial charge >= 0.3 is 17.9 Å². The van der Waals surface area contributed by atoms with Gasteiger partial charge in [0.25, 0.3) is 0 Å². The number of thiol groups is 1. The van der Waals surface area contributed by atoms with E-state index in [1.807, 2.05) is 0 Å². The molecule has 0 spiro atoms. The van der Waals surface area contributed by atoms with Crippen molar-refractivity contribution in [3.63, 3.8) is 0 Å². The van der Waals surface area contributed by atoms with Crippen LogP contribution in [0.25, 0.3) is 0 Å². The Hall–Kier alpha value is -3.60.